The van der Waals surface area contributed by atoms with Crippen molar-refractivity contribution >= 4 is 48.9 Å². The molecule has 4 nitrogen and oxygen atoms in total. The molecule has 0 aromatic carbocycles. The SMILES string of the molecule is O=S(=O)(c1cc(Cl)c(Br)s1)N1CCCCC1CNC1CC1. The molecule has 2 aliphatic rings. The van der Waals surface area contributed by atoms with Crippen LogP contribution in [0.25, 0.3) is 0 Å². The molecule has 1 saturated heterocycles. The van der Waals surface area contributed by atoms with Crippen molar-refractivity contribution in [3.63, 3.8) is 0 Å². The summed E-state index contributed by atoms with van der Waals surface area (Å²) >= 11 is 10.5. The Hall–Kier alpha value is 0.340. The Balaban J connectivity index is 1.79. The van der Waals surface area contributed by atoms with Crippen LogP contribution < -0.4 is 5.32 Å². The second-order valence-corrected chi connectivity index (χ2v) is 10.5. The lowest BCUT2D eigenvalue weighted by molar-refractivity contribution is 0.245. The molecule has 1 aliphatic heterocycles. The highest BCUT2D eigenvalue weighted by Crippen LogP contribution is 2.37. The lowest BCUT2D eigenvalue weighted by atomic mass is 10.1. The van der Waals surface area contributed by atoms with E-state index in [1.807, 2.05) is 0 Å². The molecule has 0 spiro atoms. The fourth-order valence-corrected chi connectivity index (χ4v) is 6.88. The van der Waals surface area contributed by atoms with Gasteiger partial charge in [-0.15, -0.1) is 11.3 Å². The van der Waals surface area contributed by atoms with Crippen molar-refractivity contribution in [3.05, 3.63) is 14.9 Å². The Morgan fingerprint density at radius 3 is 2.76 bits per heavy atom. The molecule has 1 aromatic heterocycles. The van der Waals surface area contributed by atoms with Crippen molar-refractivity contribution in [2.45, 2.75) is 48.4 Å². The van der Waals surface area contributed by atoms with Gasteiger partial charge in [0.1, 0.15) is 4.21 Å². The van der Waals surface area contributed by atoms with Gasteiger partial charge in [0.2, 0.25) is 0 Å². The van der Waals surface area contributed by atoms with E-state index < -0.39 is 10.0 Å². The number of nitrogens with zero attached hydrogens (tertiary/aromatic N) is 1. The maximum absolute atomic E-state index is 12.9. The van der Waals surface area contributed by atoms with Gasteiger partial charge in [0.25, 0.3) is 10.0 Å². The van der Waals surface area contributed by atoms with Crippen molar-refractivity contribution in [2.75, 3.05) is 13.1 Å². The molecule has 1 aliphatic carbocycles. The molecule has 118 valence electrons. The first-order chi connectivity index (χ1) is 9.98. The van der Waals surface area contributed by atoms with Gasteiger partial charge >= 0.3 is 0 Å². The Labute approximate surface area is 143 Å². The van der Waals surface area contributed by atoms with Crippen LogP contribution in [0.15, 0.2) is 14.1 Å². The highest BCUT2D eigenvalue weighted by atomic mass is 79.9. The van der Waals surface area contributed by atoms with E-state index in [9.17, 15) is 8.42 Å². The summed E-state index contributed by atoms with van der Waals surface area (Å²) in [4.78, 5) is 0. The smallest absolute Gasteiger partial charge is 0.252 e. The monoisotopic (exact) mass is 412 g/mol. The Bertz CT molecular complexity index is 596. The highest BCUT2D eigenvalue weighted by molar-refractivity contribution is 9.11. The van der Waals surface area contributed by atoms with E-state index >= 15 is 0 Å². The van der Waals surface area contributed by atoms with Crippen LogP contribution in [-0.2, 0) is 10.0 Å². The first-order valence-electron chi connectivity index (χ1n) is 7.18. The normalized spacial score (nSPS) is 24.4. The number of rotatable bonds is 5. The van der Waals surface area contributed by atoms with Gasteiger partial charge in [-0.2, -0.15) is 4.31 Å². The number of hydrogen-bond donors (Lipinski definition) is 1. The second kappa shape index (κ2) is 6.45. The third-order valence-corrected chi connectivity index (χ3v) is 8.85. The van der Waals surface area contributed by atoms with E-state index in [2.05, 4.69) is 21.2 Å². The number of nitrogens with one attached hydrogen (secondary N) is 1. The van der Waals surface area contributed by atoms with Gasteiger partial charge in [-0.3, -0.25) is 0 Å². The summed E-state index contributed by atoms with van der Waals surface area (Å²) in [5.41, 5.74) is 0. The van der Waals surface area contributed by atoms with Crippen LogP contribution in [0, 0.1) is 0 Å². The molecule has 0 radical (unpaired) electrons. The van der Waals surface area contributed by atoms with Crippen LogP contribution in [0.2, 0.25) is 5.02 Å². The number of halogens is 2. The van der Waals surface area contributed by atoms with Gasteiger partial charge in [0.05, 0.1) is 8.81 Å². The summed E-state index contributed by atoms with van der Waals surface area (Å²) in [6.45, 7) is 1.36. The fourth-order valence-electron chi connectivity index (χ4n) is 2.65. The summed E-state index contributed by atoms with van der Waals surface area (Å²) in [5.74, 6) is 0. The number of thiophene rings is 1. The van der Waals surface area contributed by atoms with Crippen LogP contribution in [0.4, 0.5) is 0 Å². The zero-order valence-corrected chi connectivity index (χ0v) is 15.5. The van der Waals surface area contributed by atoms with Crippen molar-refractivity contribution in [1.29, 1.82) is 0 Å². The molecular formula is C13H18BrClN2O2S2. The van der Waals surface area contributed by atoms with Crippen molar-refractivity contribution < 1.29 is 8.42 Å². The van der Waals surface area contributed by atoms with Crippen LogP contribution in [-0.4, -0.2) is 37.9 Å². The lowest BCUT2D eigenvalue weighted by Gasteiger charge is -2.34. The molecule has 0 amide bonds. The van der Waals surface area contributed by atoms with E-state index in [1.54, 1.807) is 10.4 Å². The van der Waals surface area contributed by atoms with E-state index in [0.717, 1.165) is 25.8 Å². The number of piperidine rings is 1. The van der Waals surface area contributed by atoms with Crippen LogP contribution in [0.3, 0.4) is 0 Å². The van der Waals surface area contributed by atoms with Crippen LogP contribution >= 0.6 is 38.9 Å². The summed E-state index contributed by atoms with van der Waals surface area (Å²) in [5, 5.41) is 3.92. The summed E-state index contributed by atoms with van der Waals surface area (Å²) < 4.78 is 28.4. The third kappa shape index (κ3) is 3.64. The molecule has 2 heterocycles. The van der Waals surface area contributed by atoms with E-state index in [-0.39, 0.29) is 6.04 Å². The number of hydrogen-bond acceptors (Lipinski definition) is 4. The first-order valence-corrected chi connectivity index (χ1v) is 10.6. The summed E-state index contributed by atoms with van der Waals surface area (Å²) in [7, 11) is -3.44. The molecule has 1 N–H and O–H groups in total. The maximum Gasteiger partial charge on any atom is 0.252 e. The molecule has 3 rings (SSSR count). The predicted octanol–water partition coefficient (Wildman–Crippen LogP) is 3.46. The molecule has 1 saturated carbocycles. The molecule has 0 bridgehead atoms. The van der Waals surface area contributed by atoms with E-state index in [4.69, 9.17) is 11.6 Å². The molecular weight excluding hydrogens is 396 g/mol. The summed E-state index contributed by atoms with van der Waals surface area (Å²) in [6, 6.07) is 2.21. The van der Waals surface area contributed by atoms with Gasteiger partial charge in [-0.1, -0.05) is 18.0 Å². The number of sulfonamides is 1. The zero-order valence-electron chi connectivity index (χ0n) is 11.5. The molecule has 1 unspecified atom stereocenters. The van der Waals surface area contributed by atoms with Crippen molar-refractivity contribution in [1.82, 2.24) is 9.62 Å². The average Bonchev–Trinajstić information content (AvgIpc) is 3.22. The standard InChI is InChI=1S/C13H18BrClN2O2S2/c14-13-11(15)7-12(20-13)21(18,19)17-6-2-1-3-10(17)8-16-9-4-5-9/h7,9-10,16H,1-6,8H2. The molecule has 21 heavy (non-hydrogen) atoms. The minimum Gasteiger partial charge on any atom is -0.312 e. The van der Waals surface area contributed by atoms with Crippen molar-refractivity contribution in [3.8, 4) is 0 Å². The van der Waals surface area contributed by atoms with Crippen LogP contribution in [0.5, 0.6) is 0 Å². The minimum atomic E-state index is -3.44. The fraction of sp³-hybridized carbons (Fsp3) is 0.692. The van der Waals surface area contributed by atoms with Crippen LogP contribution in [0.1, 0.15) is 32.1 Å². The molecule has 1 aromatic rings. The van der Waals surface area contributed by atoms with Gasteiger partial charge in [-0.05, 0) is 47.7 Å². The average molecular weight is 414 g/mol. The molecule has 8 heteroatoms. The lowest BCUT2D eigenvalue weighted by Crippen LogP contribution is -2.48. The minimum absolute atomic E-state index is 0.0593. The van der Waals surface area contributed by atoms with Gasteiger partial charge in [0, 0.05) is 25.2 Å². The van der Waals surface area contributed by atoms with Gasteiger partial charge in [0.15, 0.2) is 0 Å². The topological polar surface area (TPSA) is 49.4 Å². The predicted molar refractivity (Wildman–Crippen MR) is 89.6 cm³/mol. The van der Waals surface area contributed by atoms with E-state index in [1.165, 1.54) is 24.2 Å². The maximum atomic E-state index is 12.9. The first kappa shape index (κ1) is 16.2. The quantitative estimate of drug-likeness (QED) is 0.804. The largest absolute Gasteiger partial charge is 0.312 e. The Morgan fingerprint density at radius 2 is 2.14 bits per heavy atom. The Kier molecular flexibility index (Phi) is 4.98. The zero-order chi connectivity index (χ0) is 15.0. The van der Waals surface area contributed by atoms with Gasteiger partial charge < -0.3 is 5.32 Å². The molecule has 1 atom stereocenters. The van der Waals surface area contributed by atoms with E-state index in [0.29, 0.717) is 25.6 Å². The highest BCUT2D eigenvalue weighted by Gasteiger charge is 2.35. The molecule has 2 fully saturated rings. The van der Waals surface area contributed by atoms with Gasteiger partial charge in [-0.25, -0.2) is 8.42 Å². The second-order valence-electron chi connectivity index (χ2n) is 5.63. The third-order valence-electron chi connectivity index (χ3n) is 3.98. The Morgan fingerprint density at radius 1 is 1.38 bits per heavy atom. The van der Waals surface area contributed by atoms with Crippen molar-refractivity contribution in [2.24, 2.45) is 0 Å². The summed E-state index contributed by atoms with van der Waals surface area (Å²) in [6.07, 6.45) is 5.39.